The molecule has 2 amide bonds. The number of likely N-dealkylation sites (tertiary alicyclic amines) is 1. The van der Waals surface area contributed by atoms with Crippen molar-refractivity contribution < 1.29 is 14.5 Å². The number of rotatable bonds is 10. The molecular formula is C33H37N5O4. The van der Waals surface area contributed by atoms with Crippen molar-refractivity contribution in [3.63, 3.8) is 0 Å². The fourth-order valence-corrected chi connectivity index (χ4v) is 5.14. The molecule has 42 heavy (non-hydrogen) atoms. The summed E-state index contributed by atoms with van der Waals surface area (Å²) in [6.07, 6.45) is 10.3. The molecule has 2 aromatic rings. The third-order valence-electron chi connectivity index (χ3n) is 7.36. The van der Waals surface area contributed by atoms with Crippen molar-refractivity contribution in [3.8, 4) is 0 Å². The van der Waals surface area contributed by atoms with E-state index in [1.54, 1.807) is 29.2 Å². The Kier molecular flexibility index (Phi) is 10.2. The van der Waals surface area contributed by atoms with Crippen LogP contribution in [-0.2, 0) is 11.3 Å². The smallest absolute Gasteiger partial charge is 0.274 e. The van der Waals surface area contributed by atoms with Gasteiger partial charge in [0.2, 0.25) is 0 Å². The molecule has 0 saturated carbocycles. The number of amidine groups is 1. The van der Waals surface area contributed by atoms with E-state index in [9.17, 15) is 19.7 Å². The molecule has 2 heterocycles. The van der Waals surface area contributed by atoms with E-state index in [4.69, 9.17) is 5.73 Å². The molecule has 0 radical (unpaired) electrons. The van der Waals surface area contributed by atoms with Gasteiger partial charge in [0.1, 0.15) is 0 Å². The van der Waals surface area contributed by atoms with Gasteiger partial charge in [-0.2, -0.15) is 0 Å². The summed E-state index contributed by atoms with van der Waals surface area (Å²) in [5.74, 6) is 0.180. The Morgan fingerprint density at radius 2 is 1.81 bits per heavy atom. The van der Waals surface area contributed by atoms with Gasteiger partial charge in [-0.15, -0.1) is 0 Å². The second-order valence-electron chi connectivity index (χ2n) is 10.4. The number of nitro benzene ring substituents is 1. The number of amides is 2. The van der Waals surface area contributed by atoms with E-state index in [0.717, 1.165) is 42.6 Å². The van der Waals surface area contributed by atoms with Gasteiger partial charge >= 0.3 is 0 Å². The normalized spacial score (nSPS) is 16.5. The second kappa shape index (κ2) is 14.2. The third-order valence-corrected chi connectivity index (χ3v) is 7.36. The summed E-state index contributed by atoms with van der Waals surface area (Å²) < 4.78 is 0. The van der Waals surface area contributed by atoms with E-state index >= 15 is 0 Å². The molecule has 1 fully saturated rings. The summed E-state index contributed by atoms with van der Waals surface area (Å²) in [5, 5.41) is 11.5. The number of nitrogens with zero attached hydrogens (tertiary/aromatic N) is 4. The van der Waals surface area contributed by atoms with Crippen LogP contribution in [0.4, 0.5) is 5.69 Å². The van der Waals surface area contributed by atoms with Crippen molar-refractivity contribution >= 4 is 28.9 Å². The van der Waals surface area contributed by atoms with Crippen molar-refractivity contribution in [2.75, 3.05) is 26.2 Å². The molecule has 218 valence electrons. The van der Waals surface area contributed by atoms with Crippen LogP contribution in [0.3, 0.4) is 0 Å². The molecule has 2 aliphatic rings. The maximum Gasteiger partial charge on any atom is 0.274 e. The second-order valence-corrected chi connectivity index (χ2v) is 10.4. The summed E-state index contributed by atoms with van der Waals surface area (Å²) >= 11 is 0. The summed E-state index contributed by atoms with van der Waals surface area (Å²) in [6, 6.07) is 14.0. The molecule has 9 heteroatoms. The fourth-order valence-electron chi connectivity index (χ4n) is 5.14. The van der Waals surface area contributed by atoms with E-state index in [1.807, 2.05) is 54.3 Å². The number of benzene rings is 2. The van der Waals surface area contributed by atoms with Crippen LogP contribution in [0.2, 0.25) is 0 Å². The highest BCUT2D eigenvalue weighted by Crippen LogP contribution is 2.24. The number of nitrogens with two attached hydrogens (primary N) is 1. The molecular weight excluding hydrogens is 530 g/mol. The van der Waals surface area contributed by atoms with Crippen LogP contribution >= 0.6 is 0 Å². The summed E-state index contributed by atoms with van der Waals surface area (Å²) in [6.45, 7) is 8.39. The van der Waals surface area contributed by atoms with Crippen LogP contribution in [0.1, 0.15) is 54.1 Å². The zero-order chi connectivity index (χ0) is 30.1. The number of hydrogen-bond donors (Lipinski definition) is 1. The maximum absolute atomic E-state index is 13.7. The first-order chi connectivity index (χ1) is 20.3. The number of allylic oxidation sites excluding steroid dienone is 4. The van der Waals surface area contributed by atoms with Gasteiger partial charge < -0.3 is 15.5 Å². The lowest BCUT2D eigenvalue weighted by Gasteiger charge is -2.23. The van der Waals surface area contributed by atoms with Crippen LogP contribution in [0.15, 0.2) is 95.6 Å². The Hall–Kier alpha value is -4.79. The highest BCUT2D eigenvalue weighted by atomic mass is 16.6. The molecule has 2 aliphatic heterocycles. The molecule has 2 aromatic carbocycles. The fraction of sp³-hybridized carbons (Fsp3) is 0.303. The molecule has 9 nitrogen and oxygen atoms in total. The predicted octanol–water partition coefficient (Wildman–Crippen LogP) is 5.45. The SMILES string of the molecule is C=C/C(=C\C=C1\C=C(C(=O)N(CCC)Cc2ccccc2[N+](=O)[O-])CC(N)=NC1)c1ccc(C(=O)N2CCCC2)cc1. The first-order valence-corrected chi connectivity index (χ1v) is 14.2. The number of aliphatic imine (C=N–C) groups is 1. The Balaban J connectivity index is 1.57. The number of hydrogen-bond acceptors (Lipinski definition) is 6. The number of nitro groups is 1. The van der Waals surface area contributed by atoms with Crippen LogP contribution < -0.4 is 5.73 Å². The molecule has 1 saturated heterocycles. The minimum Gasteiger partial charge on any atom is -0.387 e. The topological polar surface area (TPSA) is 122 Å². The third kappa shape index (κ3) is 7.48. The molecule has 0 spiro atoms. The average molecular weight is 568 g/mol. The van der Waals surface area contributed by atoms with Gasteiger partial charge in [0.15, 0.2) is 0 Å². The van der Waals surface area contributed by atoms with Crippen molar-refractivity contribution in [2.24, 2.45) is 10.7 Å². The van der Waals surface area contributed by atoms with Gasteiger partial charge in [0.25, 0.3) is 17.5 Å². The predicted molar refractivity (Wildman–Crippen MR) is 166 cm³/mol. The minimum atomic E-state index is -0.428. The largest absolute Gasteiger partial charge is 0.387 e. The van der Waals surface area contributed by atoms with Crippen molar-refractivity contribution in [3.05, 3.63) is 117 Å². The van der Waals surface area contributed by atoms with Gasteiger partial charge in [0, 0.05) is 48.8 Å². The van der Waals surface area contributed by atoms with Crippen LogP contribution in [0, 0.1) is 10.1 Å². The first kappa shape index (κ1) is 30.2. The maximum atomic E-state index is 13.7. The Morgan fingerprint density at radius 1 is 1.12 bits per heavy atom. The van der Waals surface area contributed by atoms with Crippen molar-refractivity contribution in [1.29, 1.82) is 0 Å². The highest BCUT2D eigenvalue weighted by molar-refractivity contribution is 6.00. The van der Waals surface area contributed by atoms with Crippen LogP contribution in [0.5, 0.6) is 0 Å². The van der Waals surface area contributed by atoms with Crippen molar-refractivity contribution in [2.45, 2.75) is 39.2 Å². The van der Waals surface area contributed by atoms with E-state index in [-0.39, 0.29) is 30.5 Å². The Bertz CT molecular complexity index is 1460. The summed E-state index contributed by atoms with van der Waals surface area (Å²) in [7, 11) is 0. The van der Waals surface area contributed by atoms with E-state index in [2.05, 4.69) is 11.6 Å². The number of carbonyl (C=O) groups is 2. The van der Waals surface area contributed by atoms with Gasteiger partial charge in [-0.3, -0.25) is 24.7 Å². The highest BCUT2D eigenvalue weighted by Gasteiger charge is 2.24. The summed E-state index contributed by atoms with van der Waals surface area (Å²) in [4.78, 5) is 45.5. The van der Waals surface area contributed by atoms with Crippen LogP contribution in [0.25, 0.3) is 5.57 Å². The van der Waals surface area contributed by atoms with E-state index in [0.29, 0.717) is 42.0 Å². The first-order valence-electron chi connectivity index (χ1n) is 14.2. The Labute approximate surface area is 246 Å². The molecule has 0 atom stereocenters. The standard InChI is InChI=1S/C33H37N5O4/c1-3-17-37(23-28-9-5-6-10-30(28)38(41)42)33(40)29-20-24(22-35-31(34)21-29)11-12-25(4-2)26-13-15-27(16-14-26)32(39)36-18-7-8-19-36/h4-6,9-16,20H,2-3,7-8,17-19,21-23H2,1H3,(H2,34,35)/b24-11-,25-12+. The number of carbonyl (C=O) groups excluding carboxylic acids is 2. The Morgan fingerprint density at radius 3 is 2.48 bits per heavy atom. The lowest BCUT2D eigenvalue weighted by atomic mass is 10.0. The molecule has 0 unspecified atom stereocenters. The zero-order valence-electron chi connectivity index (χ0n) is 24.0. The molecule has 0 aromatic heterocycles. The molecule has 2 N–H and O–H groups in total. The van der Waals surface area contributed by atoms with Gasteiger partial charge in [-0.1, -0.05) is 62.1 Å². The zero-order valence-corrected chi connectivity index (χ0v) is 24.0. The lowest BCUT2D eigenvalue weighted by molar-refractivity contribution is -0.385. The average Bonchev–Trinajstić information content (AvgIpc) is 3.47. The minimum absolute atomic E-state index is 0.0153. The lowest BCUT2D eigenvalue weighted by Crippen LogP contribution is -2.33. The molecule has 0 aliphatic carbocycles. The molecule has 4 rings (SSSR count). The summed E-state index contributed by atoms with van der Waals surface area (Å²) in [5.41, 5.74) is 10.3. The van der Waals surface area contributed by atoms with Gasteiger partial charge in [0.05, 0.1) is 23.8 Å². The van der Waals surface area contributed by atoms with Gasteiger partial charge in [-0.05, 0) is 54.2 Å². The van der Waals surface area contributed by atoms with Crippen LogP contribution in [-0.4, -0.2) is 58.6 Å². The molecule has 0 bridgehead atoms. The monoisotopic (exact) mass is 567 g/mol. The van der Waals surface area contributed by atoms with E-state index < -0.39 is 4.92 Å². The number of para-hydroxylation sites is 1. The van der Waals surface area contributed by atoms with E-state index in [1.165, 1.54) is 6.07 Å². The quantitative estimate of drug-likeness (QED) is 0.232. The van der Waals surface area contributed by atoms with Gasteiger partial charge in [-0.25, -0.2) is 0 Å². The van der Waals surface area contributed by atoms with Crippen molar-refractivity contribution in [1.82, 2.24) is 9.80 Å².